The molecule has 0 spiro atoms. The van der Waals surface area contributed by atoms with E-state index >= 15 is 0 Å². The molecule has 0 N–H and O–H groups in total. The van der Waals surface area contributed by atoms with Crippen molar-refractivity contribution in [2.24, 2.45) is 7.05 Å². The predicted molar refractivity (Wildman–Crippen MR) is 103 cm³/mol. The molecule has 0 saturated heterocycles. The second-order valence-electron chi connectivity index (χ2n) is 6.91. The highest BCUT2D eigenvalue weighted by Crippen LogP contribution is 2.32. The predicted octanol–water partition coefficient (Wildman–Crippen LogP) is 3.59. The lowest BCUT2D eigenvalue weighted by Crippen LogP contribution is -2.25. The molecule has 0 radical (unpaired) electrons. The van der Waals surface area contributed by atoms with Crippen LogP contribution in [-0.4, -0.2) is 47.5 Å². The maximum atomic E-state index is 12.4. The van der Waals surface area contributed by atoms with Gasteiger partial charge in [0.2, 0.25) is 0 Å². The molecule has 2 aromatic rings. The van der Waals surface area contributed by atoms with E-state index in [9.17, 15) is 9.59 Å². The average Bonchev–Trinajstić information content (AvgIpc) is 2.95. The number of carbonyl (C=O) groups is 2. The Labute approximate surface area is 154 Å². The van der Waals surface area contributed by atoms with Crippen LogP contribution >= 0.6 is 0 Å². The van der Waals surface area contributed by atoms with Crippen LogP contribution in [0.2, 0.25) is 0 Å². The number of rotatable bonds is 7. The molecule has 0 aliphatic heterocycles. The smallest absolute Gasteiger partial charge is 0.338 e. The number of nitrogens with zero attached hydrogens (tertiary/aromatic N) is 2. The van der Waals surface area contributed by atoms with Gasteiger partial charge in [-0.15, -0.1) is 0 Å². The molecule has 0 unspecified atom stereocenters. The number of ether oxygens (including phenoxy) is 1. The SMILES string of the molecule is CCN(CC)CCCOC(=O)c1ccc2c(c1)c1c(n2C)C(=O)CCC1. The summed E-state index contributed by atoms with van der Waals surface area (Å²) in [7, 11) is 1.93. The Morgan fingerprint density at radius 1 is 1.23 bits per heavy atom. The molecular formula is C21H28N2O3. The monoisotopic (exact) mass is 356 g/mol. The quantitative estimate of drug-likeness (QED) is 0.562. The Kier molecular flexibility index (Phi) is 5.77. The van der Waals surface area contributed by atoms with Gasteiger partial charge in [0, 0.05) is 30.9 Å². The highest BCUT2D eigenvalue weighted by molar-refractivity contribution is 6.05. The first-order chi connectivity index (χ1) is 12.6. The molecule has 0 amide bonds. The van der Waals surface area contributed by atoms with Crippen molar-refractivity contribution in [3.05, 3.63) is 35.0 Å². The first kappa shape index (κ1) is 18.6. The van der Waals surface area contributed by atoms with Gasteiger partial charge in [0.15, 0.2) is 5.78 Å². The van der Waals surface area contributed by atoms with Crippen LogP contribution < -0.4 is 0 Å². The molecule has 0 atom stereocenters. The van der Waals surface area contributed by atoms with Crippen molar-refractivity contribution in [1.82, 2.24) is 9.47 Å². The van der Waals surface area contributed by atoms with Gasteiger partial charge in [-0.2, -0.15) is 0 Å². The second-order valence-corrected chi connectivity index (χ2v) is 6.91. The highest BCUT2D eigenvalue weighted by atomic mass is 16.5. The molecule has 0 bridgehead atoms. The molecule has 140 valence electrons. The van der Waals surface area contributed by atoms with Crippen molar-refractivity contribution in [3.63, 3.8) is 0 Å². The third-order valence-electron chi connectivity index (χ3n) is 5.38. The molecule has 1 heterocycles. The van der Waals surface area contributed by atoms with Gasteiger partial charge < -0.3 is 14.2 Å². The molecule has 1 aromatic carbocycles. The van der Waals surface area contributed by atoms with Gasteiger partial charge in [-0.3, -0.25) is 4.79 Å². The highest BCUT2D eigenvalue weighted by Gasteiger charge is 2.25. The average molecular weight is 356 g/mol. The lowest BCUT2D eigenvalue weighted by Gasteiger charge is -2.17. The zero-order chi connectivity index (χ0) is 18.7. The van der Waals surface area contributed by atoms with Crippen LogP contribution in [0, 0.1) is 0 Å². The van der Waals surface area contributed by atoms with E-state index < -0.39 is 0 Å². The minimum atomic E-state index is -0.286. The molecule has 0 saturated carbocycles. The lowest BCUT2D eigenvalue weighted by atomic mass is 9.94. The first-order valence-corrected chi connectivity index (χ1v) is 9.60. The fourth-order valence-corrected chi connectivity index (χ4v) is 3.88. The molecule has 1 aliphatic carbocycles. The Bertz CT molecular complexity index is 818. The van der Waals surface area contributed by atoms with E-state index in [-0.39, 0.29) is 11.8 Å². The van der Waals surface area contributed by atoms with E-state index in [1.54, 1.807) is 6.07 Å². The van der Waals surface area contributed by atoms with Crippen LogP contribution in [0.1, 0.15) is 59.5 Å². The minimum Gasteiger partial charge on any atom is -0.462 e. The minimum absolute atomic E-state index is 0.200. The van der Waals surface area contributed by atoms with Crippen molar-refractivity contribution in [1.29, 1.82) is 0 Å². The number of ketones is 1. The number of Topliss-reactive ketones (excluding diaryl/α,β-unsaturated/α-hetero) is 1. The number of carbonyl (C=O) groups excluding carboxylic acids is 2. The molecule has 1 aliphatic rings. The van der Waals surface area contributed by atoms with Crippen molar-refractivity contribution < 1.29 is 14.3 Å². The molecule has 5 nitrogen and oxygen atoms in total. The summed E-state index contributed by atoms with van der Waals surface area (Å²) in [6.07, 6.45) is 3.22. The molecule has 26 heavy (non-hydrogen) atoms. The van der Waals surface area contributed by atoms with E-state index in [4.69, 9.17) is 4.74 Å². The fraction of sp³-hybridized carbons (Fsp3) is 0.524. The van der Waals surface area contributed by atoms with E-state index in [2.05, 4.69) is 18.7 Å². The first-order valence-electron chi connectivity index (χ1n) is 9.60. The maximum Gasteiger partial charge on any atom is 0.338 e. The van der Waals surface area contributed by atoms with E-state index in [1.165, 1.54) is 0 Å². The Morgan fingerprint density at radius 3 is 2.73 bits per heavy atom. The van der Waals surface area contributed by atoms with Crippen molar-refractivity contribution in [3.8, 4) is 0 Å². The Hall–Kier alpha value is -2.14. The van der Waals surface area contributed by atoms with Gasteiger partial charge in [-0.25, -0.2) is 4.79 Å². The fourth-order valence-electron chi connectivity index (χ4n) is 3.88. The topological polar surface area (TPSA) is 51.5 Å². The number of esters is 1. The van der Waals surface area contributed by atoms with E-state index in [0.717, 1.165) is 61.1 Å². The van der Waals surface area contributed by atoms with E-state index in [1.807, 2.05) is 23.7 Å². The number of aromatic nitrogens is 1. The summed E-state index contributed by atoms with van der Waals surface area (Å²) >= 11 is 0. The van der Waals surface area contributed by atoms with E-state index in [0.29, 0.717) is 18.6 Å². The van der Waals surface area contributed by atoms with Crippen molar-refractivity contribution in [2.75, 3.05) is 26.2 Å². The van der Waals surface area contributed by atoms with Crippen molar-refractivity contribution in [2.45, 2.75) is 39.5 Å². The number of aryl methyl sites for hydroxylation is 2. The van der Waals surface area contributed by atoms with Crippen LogP contribution in [0.3, 0.4) is 0 Å². The van der Waals surface area contributed by atoms with Crippen LogP contribution in [-0.2, 0) is 18.2 Å². The van der Waals surface area contributed by atoms with Crippen LogP contribution in [0.15, 0.2) is 18.2 Å². The van der Waals surface area contributed by atoms with Gasteiger partial charge in [0.05, 0.1) is 17.9 Å². The van der Waals surface area contributed by atoms with Gasteiger partial charge >= 0.3 is 5.97 Å². The summed E-state index contributed by atoms with van der Waals surface area (Å²) in [5, 5.41) is 1.01. The largest absolute Gasteiger partial charge is 0.462 e. The summed E-state index contributed by atoms with van der Waals surface area (Å²) in [6.45, 7) is 7.66. The third kappa shape index (κ3) is 3.54. The second kappa shape index (κ2) is 8.04. The van der Waals surface area contributed by atoms with Gasteiger partial charge in [-0.05, 0) is 56.1 Å². The molecule has 0 fully saturated rings. The molecule has 5 heteroatoms. The zero-order valence-corrected chi connectivity index (χ0v) is 16.0. The number of hydrogen-bond acceptors (Lipinski definition) is 4. The van der Waals surface area contributed by atoms with Gasteiger partial charge in [0.25, 0.3) is 0 Å². The zero-order valence-electron chi connectivity index (χ0n) is 16.0. The summed E-state index contributed by atoms with van der Waals surface area (Å²) in [5.74, 6) is -0.0864. The Morgan fingerprint density at radius 2 is 2.00 bits per heavy atom. The maximum absolute atomic E-state index is 12.4. The standard InChI is InChI=1S/C21H28N2O3/c1-4-23(5-2)12-7-13-26-21(25)15-10-11-18-17(14-15)16-8-6-9-19(24)20(16)22(18)3/h10-11,14H,4-9,12-13H2,1-3H3. The molecule has 1 aromatic heterocycles. The summed E-state index contributed by atoms with van der Waals surface area (Å²) in [4.78, 5) is 27.0. The molecular weight excluding hydrogens is 328 g/mol. The van der Waals surface area contributed by atoms with Crippen LogP contribution in [0.5, 0.6) is 0 Å². The van der Waals surface area contributed by atoms with Gasteiger partial charge in [-0.1, -0.05) is 13.8 Å². The lowest BCUT2D eigenvalue weighted by molar-refractivity contribution is 0.0489. The summed E-state index contributed by atoms with van der Waals surface area (Å²) in [5.41, 5.74) is 3.45. The normalized spacial score (nSPS) is 14.1. The van der Waals surface area contributed by atoms with Gasteiger partial charge in [0.1, 0.15) is 0 Å². The van der Waals surface area contributed by atoms with Crippen molar-refractivity contribution >= 4 is 22.7 Å². The third-order valence-corrected chi connectivity index (χ3v) is 5.38. The molecule has 3 rings (SSSR count). The number of hydrogen-bond donors (Lipinski definition) is 0. The summed E-state index contributed by atoms with van der Waals surface area (Å²) < 4.78 is 7.41. The van der Waals surface area contributed by atoms with Crippen LogP contribution in [0.25, 0.3) is 10.9 Å². The van der Waals surface area contributed by atoms with Crippen LogP contribution in [0.4, 0.5) is 0 Å². The number of fused-ring (bicyclic) bond motifs is 3. The number of benzene rings is 1. The Balaban J connectivity index is 1.73. The summed E-state index contributed by atoms with van der Waals surface area (Å²) in [6, 6.07) is 5.61.